The fourth-order valence-electron chi connectivity index (χ4n) is 1.60. The van der Waals surface area contributed by atoms with Crippen molar-refractivity contribution in [1.29, 1.82) is 0 Å². The second kappa shape index (κ2) is 7.22. The molecule has 0 aliphatic carbocycles. The van der Waals surface area contributed by atoms with Crippen molar-refractivity contribution in [2.45, 2.75) is 17.7 Å². The summed E-state index contributed by atoms with van der Waals surface area (Å²) in [5.74, 6) is 0.157. The van der Waals surface area contributed by atoms with Gasteiger partial charge in [-0.3, -0.25) is 4.79 Å². The van der Waals surface area contributed by atoms with Crippen LogP contribution >= 0.6 is 0 Å². The first-order chi connectivity index (χ1) is 9.38. The Morgan fingerprint density at radius 3 is 2.65 bits per heavy atom. The highest BCUT2D eigenvalue weighted by molar-refractivity contribution is 7.89. The molecule has 8 heteroatoms. The molecule has 0 heterocycles. The summed E-state index contributed by atoms with van der Waals surface area (Å²) in [5, 5.41) is 10.6. The van der Waals surface area contributed by atoms with Crippen molar-refractivity contribution in [3.05, 3.63) is 18.2 Å². The third-order valence-corrected chi connectivity index (χ3v) is 3.52. The van der Waals surface area contributed by atoms with E-state index >= 15 is 0 Å². The molecule has 1 amide bonds. The fourth-order valence-corrected chi connectivity index (χ4v) is 2.14. The summed E-state index contributed by atoms with van der Waals surface area (Å²) in [4.78, 5) is 11.7. The summed E-state index contributed by atoms with van der Waals surface area (Å²) in [6.45, 7) is 0.724. The molecule has 1 aromatic rings. The van der Waals surface area contributed by atoms with Gasteiger partial charge in [-0.05, 0) is 38.2 Å². The lowest BCUT2D eigenvalue weighted by Gasteiger charge is -2.11. The molecule has 0 aliphatic rings. The summed E-state index contributed by atoms with van der Waals surface area (Å²) in [6.07, 6.45) is 1.00. The smallest absolute Gasteiger partial charge is 0.238 e. The predicted molar refractivity (Wildman–Crippen MR) is 76.2 cm³/mol. The number of primary sulfonamides is 1. The molecule has 0 atom stereocenters. The summed E-state index contributed by atoms with van der Waals surface area (Å²) in [6, 6.07) is 4.05. The van der Waals surface area contributed by atoms with Crippen molar-refractivity contribution in [1.82, 2.24) is 5.32 Å². The topological polar surface area (TPSA) is 111 Å². The maximum atomic E-state index is 11.7. The predicted octanol–water partition coefficient (Wildman–Crippen LogP) is 0.281. The van der Waals surface area contributed by atoms with Crippen molar-refractivity contribution in [2.24, 2.45) is 5.14 Å². The summed E-state index contributed by atoms with van der Waals surface area (Å²) in [7, 11) is -0.589. The highest BCUT2D eigenvalue weighted by Gasteiger charge is 2.13. The zero-order valence-electron chi connectivity index (χ0n) is 11.5. The van der Waals surface area contributed by atoms with Gasteiger partial charge in [0.25, 0.3) is 0 Å². The van der Waals surface area contributed by atoms with Crippen LogP contribution in [0.3, 0.4) is 0 Å². The van der Waals surface area contributed by atoms with E-state index in [2.05, 4.69) is 10.6 Å². The lowest BCUT2D eigenvalue weighted by molar-refractivity contribution is -0.116. The number of carbonyl (C=O) groups is 1. The first kappa shape index (κ1) is 16.4. The van der Waals surface area contributed by atoms with Gasteiger partial charge in [-0.15, -0.1) is 0 Å². The van der Waals surface area contributed by atoms with Crippen LogP contribution in [0.4, 0.5) is 5.69 Å². The number of anilines is 1. The molecule has 0 saturated carbocycles. The Labute approximate surface area is 118 Å². The van der Waals surface area contributed by atoms with Gasteiger partial charge in [0, 0.05) is 6.42 Å². The number of sulfonamides is 1. The zero-order valence-corrected chi connectivity index (χ0v) is 12.3. The van der Waals surface area contributed by atoms with Crippen LogP contribution in [0.15, 0.2) is 23.1 Å². The number of carbonyl (C=O) groups excluding carboxylic acids is 1. The third-order valence-electron chi connectivity index (χ3n) is 2.60. The average molecular weight is 301 g/mol. The number of hydrogen-bond donors (Lipinski definition) is 3. The highest BCUT2D eigenvalue weighted by Crippen LogP contribution is 2.27. The van der Waals surface area contributed by atoms with Gasteiger partial charge in [-0.25, -0.2) is 13.6 Å². The molecule has 0 fully saturated rings. The van der Waals surface area contributed by atoms with E-state index in [-0.39, 0.29) is 16.5 Å². The monoisotopic (exact) mass is 301 g/mol. The van der Waals surface area contributed by atoms with Crippen LogP contribution in [0.25, 0.3) is 0 Å². The lowest BCUT2D eigenvalue weighted by Crippen LogP contribution is -2.17. The maximum Gasteiger partial charge on any atom is 0.238 e. The van der Waals surface area contributed by atoms with Gasteiger partial charge in [-0.2, -0.15) is 0 Å². The number of rotatable bonds is 7. The second-order valence-corrected chi connectivity index (χ2v) is 5.72. The zero-order chi connectivity index (χ0) is 15.2. The van der Waals surface area contributed by atoms with Gasteiger partial charge >= 0.3 is 0 Å². The van der Waals surface area contributed by atoms with Crippen LogP contribution in [0.5, 0.6) is 5.75 Å². The average Bonchev–Trinajstić information content (AvgIpc) is 2.38. The van der Waals surface area contributed by atoms with Crippen molar-refractivity contribution in [3.8, 4) is 5.75 Å². The number of benzene rings is 1. The van der Waals surface area contributed by atoms with Crippen LogP contribution in [0.1, 0.15) is 12.8 Å². The molecule has 0 saturated heterocycles. The Bertz CT molecular complexity index is 572. The van der Waals surface area contributed by atoms with Crippen molar-refractivity contribution in [2.75, 3.05) is 26.0 Å². The van der Waals surface area contributed by atoms with Gasteiger partial charge in [0.15, 0.2) is 0 Å². The number of hydrogen-bond acceptors (Lipinski definition) is 5. The highest BCUT2D eigenvalue weighted by atomic mass is 32.2. The largest absolute Gasteiger partial charge is 0.495 e. The fraction of sp³-hybridized carbons (Fsp3) is 0.417. The molecule has 112 valence electrons. The van der Waals surface area contributed by atoms with Crippen LogP contribution in [0.2, 0.25) is 0 Å². The molecule has 0 bridgehead atoms. The van der Waals surface area contributed by atoms with Gasteiger partial charge in [0.05, 0.1) is 17.7 Å². The van der Waals surface area contributed by atoms with Gasteiger partial charge in [0.1, 0.15) is 5.75 Å². The number of nitrogens with one attached hydrogen (secondary N) is 2. The van der Waals surface area contributed by atoms with Crippen molar-refractivity contribution < 1.29 is 17.9 Å². The van der Waals surface area contributed by atoms with Crippen LogP contribution in [-0.2, 0) is 14.8 Å². The molecular weight excluding hydrogens is 282 g/mol. The van der Waals surface area contributed by atoms with Gasteiger partial charge in [-0.1, -0.05) is 0 Å². The number of amides is 1. The van der Waals surface area contributed by atoms with Gasteiger partial charge < -0.3 is 15.4 Å². The lowest BCUT2D eigenvalue weighted by atomic mass is 10.2. The Kier molecular flexibility index (Phi) is 5.93. The standard InChI is InChI=1S/C12H19N3O4S/c1-14-7-3-4-12(16)15-10-8-9(20(13,17)18)5-6-11(10)19-2/h5-6,8,14H,3-4,7H2,1-2H3,(H,15,16)(H2,13,17,18). The van der Waals surface area contributed by atoms with Crippen molar-refractivity contribution in [3.63, 3.8) is 0 Å². The Hall–Kier alpha value is -1.64. The second-order valence-electron chi connectivity index (χ2n) is 4.16. The maximum absolute atomic E-state index is 11.7. The number of methoxy groups -OCH3 is 1. The minimum atomic E-state index is -3.82. The van der Waals surface area contributed by atoms with E-state index in [1.807, 2.05) is 0 Å². The SMILES string of the molecule is CNCCCC(=O)Nc1cc(S(N)(=O)=O)ccc1OC. The number of nitrogens with two attached hydrogens (primary N) is 1. The van der Waals surface area contributed by atoms with Gasteiger partial charge in [0.2, 0.25) is 15.9 Å². The summed E-state index contributed by atoms with van der Waals surface area (Å²) >= 11 is 0. The van der Waals surface area contributed by atoms with E-state index in [1.54, 1.807) is 7.05 Å². The molecule has 7 nitrogen and oxygen atoms in total. The first-order valence-electron chi connectivity index (χ1n) is 6.03. The van der Waals surface area contributed by atoms with E-state index < -0.39 is 10.0 Å². The molecule has 4 N–H and O–H groups in total. The third kappa shape index (κ3) is 4.80. The van der Waals surface area contributed by atoms with E-state index in [9.17, 15) is 13.2 Å². The molecule has 1 aromatic carbocycles. The summed E-state index contributed by atoms with van der Waals surface area (Å²) < 4.78 is 27.7. The minimum Gasteiger partial charge on any atom is -0.495 e. The molecule has 0 unspecified atom stereocenters. The number of ether oxygens (including phenoxy) is 1. The Balaban J connectivity index is 2.89. The molecule has 20 heavy (non-hydrogen) atoms. The Morgan fingerprint density at radius 2 is 2.10 bits per heavy atom. The molecule has 1 rings (SSSR count). The van der Waals surface area contributed by atoms with Crippen LogP contribution in [0, 0.1) is 0 Å². The molecule has 0 aliphatic heterocycles. The van der Waals surface area contributed by atoms with Crippen LogP contribution < -0.4 is 20.5 Å². The Morgan fingerprint density at radius 1 is 1.40 bits per heavy atom. The first-order valence-corrected chi connectivity index (χ1v) is 7.58. The van der Waals surface area contributed by atoms with E-state index in [1.165, 1.54) is 25.3 Å². The van der Waals surface area contributed by atoms with Crippen molar-refractivity contribution >= 4 is 21.6 Å². The molecule has 0 radical (unpaired) electrons. The quantitative estimate of drug-likeness (QED) is 0.627. The van der Waals surface area contributed by atoms with E-state index in [0.29, 0.717) is 18.6 Å². The summed E-state index contributed by atoms with van der Waals surface area (Å²) in [5.41, 5.74) is 0.286. The molecule has 0 aromatic heterocycles. The minimum absolute atomic E-state index is 0.0798. The van der Waals surface area contributed by atoms with E-state index in [4.69, 9.17) is 9.88 Å². The molecular formula is C12H19N3O4S. The molecule has 0 spiro atoms. The van der Waals surface area contributed by atoms with E-state index in [0.717, 1.165) is 6.54 Å². The van der Waals surface area contributed by atoms with Crippen LogP contribution in [-0.4, -0.2) is 35.0 Å². The normalized spacial score (nSPS) is 11.2.